The summed E-state index contributed by atoms with van der Waals surface area (Å²) in [6.45, 7) is 3.78. The number of imidazole rings is 1. The lowest BCUT2D eigenvalue weighted by Crippen LogP contribution is -2.49. The maximum atomic E-state index is 13.1. The van der Waals surface area contributed by atoms with Crippen molar-refractivity contribution in [3.63, 3.8) is 0 Å². The molecule has 0 bridgehead atoms. The van der Waals surface area contributed by atoms with Gasteiger partial charge in [0.2, 0.25) is 11.8 Å². The Kier molecular flexibility index (Phi) is 6.22. The molecule has 7 nitrogen and oxygen atoms in total. The van der Waals surface area contributed by atoms with Gasteiger partial charge in [-0.05, 0) is 37.3 Å². The minimum atomic E-state index is -0.0679. The number of piperidine rings is 2. The molecule has 2 aliphatic heterocycles. The largest absolute Gasteiger partial charge is 0.342 e. The van der Waals surface area contributed by atoms with E-state index in [1.165, 1.54) is 0 Å². The van der Waals surface area contributed by atoms with Gasteiger partial charge >= 0.3 is 0 Å². The second-order valence-corrected chi connectivity index (χ2v) is 8.17. The average molecular weight is 396 g/mol. The highest BCUT2D eigenvalue weighted by atomic mass is 16.2. The van der Waals surface area contributed by atoms with Gasteiger partial charge < -0.3 is 14.4 Å². The molecule has 0 radical (unpaired) electrons. The first-order chi connectivity index (χ1) is 14.2. The first kappa shape index (κ1) is 19.6. The van der Waals surface area contributed by atoms with Crippen LogP contribution in [0.1, 0.15) is 31.4 Å². The van der Waals surface area contributed by atoms with Gasteiger partial charge in [-0.15, -0.1) is 0 Å². The number of hydrogen-bond acceptors (Lipinski definition) is 4. The number of pyridine rings is 1. The van der Waals surface area contributed by atoms with Crippen molar-refractivity contribution in [2.24, 2.45) is 11.8 Å². The van der Waals surface area contributed by atoms with Gasteiger partial charge in [-0.25, -0.2) is 4.98 Å². The van der Waals surface area contributed by atoms with Crippen molar-refractivity contribution in [2.75, 3.05) is 26.2 Å². The third-order valence-electron chi connectivity index (χ3n) is 6.17. The monoisotopic (exact) mass is 395 g/mol. The summed E-state index contributed by atoms with van der Waals surface area (Å²) in [4.78, 5) is 37.7. The Bertz CT molecular complexity index is 800. The third kappa shape index (κ3) is 5.02. The fourth-order valence-corrected chi connectivity index (χ4v) is 4.42. The molecule has 0 aliphatic carbocycles. The first-order valence-corrected chi connectivity index (χ1v) is 10.6. The predicted molar refractivity (Wildman–Crippen MR) is 109 cm³/mol. The van der Waals surface area contributed by atoms with E-state index in [2.05, 4.69) is 14.5 Å². The quantitative estimate of drug-likeness (QED) is 0.750. The van der Waals surface area contributed by atoms with Crippen LogP contribution in [0.3, 0.4) is 0 Å². The van der Waals surface area contributed by atoms with E-state index in [-0.39, 0.29) is 17.7 Å². The van der Waals surface area contributed by atoms with Crippen LogP contribution in [0.15, 0.2) is 43.1 Å². The summed E-state index contributed by atoms with van der Waals surface area (Å²) < 4.78 is 2.12. The summed E-state index contributed by atoms with van der Waals surface area (Å²) in [6, 6.07) is 5.83. The van der Waals surface area contributed by atoms with Crippen molar-refractivity contribution in [3.05, 3.63) is 48.8 Å². The number of carbonyl (C=O) groups excluding carboxylic acids is 2. The zero-order valence-electron chi connectivity index (χ0n) is 16.8. The Morgan fingerprint density at radius 1 is 1.14 bits per heavy atom. The molecule has 0 aromatic carbocycles. The highest BCUT2D eigenvalue weighted by Gasteiger charge is 2.34. The van der Waals surface area contributed by atoms with Crippen molar-refractivity contribution >= 4 is 11.8 Å². The molecule has 154 valence electrons. The normalized spacial score (nSPS) is 20.8. The van der Waals surface area contributed by atoms with E-state index in [0.29, 0.717) is 31.8 Å². The van der Waals surface area contributed by atoms with Crippen molar-refractivity contribution in [1.29, 1.82) is 0 Å². The Hall–Kier alpha value is -2.70. The van der Waals surface area contributed by atoms with Crippen LogP contribution in [0.2, 0.25) is 0 Å². The minimum absolute atomic E-state index is 0.0679. The zero-order chi connectivity index (χ0) is 20.1. The van der Waals surface area contributed by atoms with Crippen LogP contribution in [0, 0.1) is 11.8 Å². The molecule has 4 heterocycles. The number of rotatable bonds is 6. The van der Waals surface area contributed by atoms with E-state index >= 15 is 0 Å². The standard InChI is InChI=1S/C22H29N5O2/c28-21-5-4-19(16-27(21)13-8-20-3-1-2-9-24-20)22(29)26-11-6-18(7-12-26)15-25-14-10-23-17-25/h1-3,9-10,14,17-19H,4-8,11-13,15-16H2/t19-/m1/s1. The number of carbonyl (C=O) groups is 2. The second kappa shape index (κ2) is 9.20. The molecular weight excluding hydrogens is 366 g/mol. The Morgan fingerprint density at radius 2 is 2.00 bits per heavy atom. The van der Waals surface area contributed by atoms with Gasteiger partial charge in [-0.2, -0.15) is 0 Å². The molecule has 0 N–H and O–H groups in total. The van der Waals surface area contributed by atoms with Gasteiger partial charge in [-0.1, -0.05) is 6.07 Å². The molecule has 7 heteroatoms. The highest BCUT2D eigenvalue weighted by Crippen LogP contribution is 2.24. The molecule has 2 aromatic heterocycles. The Balaban J connectivity index is 1.26. The van der Waals surface area contributed by atoms with Gasteiger partial charge in [0.1, 0.15) is 0 Å². The molecular formula is C22H29N5O2. The molecule has 0 spiro atoms. The summed E-state index contributed by atoms with van der Waals surface area (Å²) in [5.74, 6) is 0.906. The third-order valence-corrected chi connectivity index (χ3v) is 6.17. The highest BCUT2D eigenvalue weighted by molar-refractivity contribution is 5.84. The molecule has 2 saturated heterocycles. The summed E-state index contributed by atoms with van der Waals surface area (Å²) in [6.07, 6.45) is 11.4. The smallest absolute Gasteiger partial charge is 0.227 e. The summed E-state index contributed by atoms with van der Waals surface area (Å²) in [5, 5.41) is 0. The zero-order valence-corrected chi connectivity index (χ0v) is 16.8. The topological polar surface area (TPSA) is 71.3 Å². The fraction of sp³-hybridized carbons (Fsp3) is 0.545. The summed E-state index contributed by atoms with van der Waals surface area (Å²) in [5.41, 5.74) is 0.980. The molecule has 2 aliphatic rings. The van der Waals surface area contributed by atoms with Crippen molar-refractivity contribution in [2.45, 2.75) is 38.6 Å². The van der Waals surface area contributed by atoms with Gasteiger partial charge in [0.05, 0.1) is 12.2 Å². The van der Waals surface area contributed by atoms with Crippen molar-refractivity contribution < 1.29 is 9.59 Å². The lowest BCUT2D eigenvalue weighted by Gasteiger charge is -2.37. The summed E-state index contributed by atoms with van der Waals surface area (Å²) >= 11 is 0. The molecule has 2 amide bonds. The number of hydrogen-bond donors (Lipinski definition) is 0. The van der Waals surface area contributed by atoms with Crippen LogP contribution < -0.4 is 0 Å². The number of amides is 2. The van der Waals surface area contributed by atoms with Crippen molar-refractivity contribution in [3.8, 4) is 0 Å². The van der Waals surface area contributed by atoms with Crippen LogP contribution in [0.4, 0.5) is 0 Å². The summed E-state index contributed by atoms with van der Waals surface area (Å²) in [7, 11) is 0. The van der Waals surface area contributed by atoms with Crippen LogP contribution in [-0.2, 0) is 22.6 Å². The lowest BCUT2D eigenvalue weighted by molar-refractivity contribution is -0.144. The second-order valence-electron chi connectivity index (χ2n) is 8.17. The lowest BCUT2D eigenvalue weighted by atomic mass is 9.92. The minimum Gasteiger partial charge on any atom is -0.342 e. The van der Waals surface area contributed by atoms with Crippen LogP contribution in [0.25, 0.3) is 0 Å². The maximum Gasteiger partial charge on any atom is 0.227 e. The van der Waals surface area contributed by atoms with Gasteiger partial charge in [-0.3, -0.25) is 14.6 Å². The van der Waals surface area contributed by atoms with Gasteiger partial charge in [0, 0.05) is 69.8 Å². The van der Waals surface area contributed by atoms with Crippen LogP contribution in [0.5, 0.6) is 0 Å². The molecule has 29 heavy (non-hydrogen) atoms. The van der Waals surface area contributed by atoms with Crippen LogP contribution in [-0.4, -0.2) is 62.3 Å². The van der Waals surface area contributed by atoms with E-state index in [0.717, 1.165) is 44.6 Å². The van der Waals surface area contributed by atoms with Gasteiger partial charge in [0.15, 0.2) is 0 Å². The molecule has 0 unspecified atom stereocenters. The van der Waals surface area contributed by atoms with Crippen molar-refractivity contribution in [1.82, 2.24) is 24.3 Å². The Labute approximate surface area is 171 Å². The van der Waals surface area contributed by atoms with E-state index in [4.69, 9.17) is 0 Å². The van der Waals surface area contributed by atoms with E-state index in [9.17, 15) is 9.59 Å². The van der Waals surface area contributed by atoms with E-state index in [1.54, 1.807) is 6.20 Å². The first-order valence-electron chi connectivity index (χ1n) is 10.6. The number of aromatic nitrogens is 3. The average Bonchev–Trinajstić information content (AvgIpc) is 3.27. The van der Waals surface area contributed by atoms with Crippen LogP contribution >= 0.6 is 0 Å². The number of likely N-dealkylation sites (tertiary alicyclic amines) is 2. The SMILES string of the molecule is O=C1CC[C@@H](C(=O)N2CCC(Cn3ccnc3)CC2)CN1CCc1ccccn1. The fourth-order valence-electron chi connectivity index (χ4n) is 4.42. The van der Waals surface area contributed by atoms with E-state index in [1.807, 2.05) is 46.7 Å². The molecule has 4 rings (SSSR count). The Morgan fingerprint density at radius 3 is 2.72 bits per heavy atom. The maximum absolute atomic E-state index is 13.1. The molecule has 2 fully saturated rings. The van der Waals surface area contributed by atoms with Gasteiger partial charge in [0.25, 0.3) is 0 Å². The predicted octanol–water partition coefficient (Wildman–Crippen LogP) is 2.00. The molecule has 1 atom stereocenters. The molecule has 2 aromatic rings. The number of nitrogens with zero attached hydrogens (tertiary/aromatic N) is 5. The van der Waals surface area contributed by atoms with E-state index < -0.39 is 0 Å². The molecule has 0 saturated carbocycles.